The zero-order valence-electron chi connectivity index (χ0n) is 10.5. The second kappa shape index (κ2) is 6.31. The van der Waals surface area contributed by atoms with E-state index in [0.29, 0.717) is 0 Å². The number of carboxylic acids is 1. The molecule has 0 radical (unpaired) electrons. The van der Waals surface area contributed by atoms with E-state index in [1.54, 1.807) is 0 Å². The van der Waals surface area contributed by atoms with Crippen LogP contribution in [0.25, 0.3) is 0 Å². The zero-order valence-corrected chi connectivity index (χ0v) is 10.5. The van der Waals surface area contributed by atoms with Crippen LogP contribution in [0.5, 0.6) is 0 Å². The van der Waals surface area contributed by atoms with Gasteiger partial charge in [0.1, 0.15) is 17.1 Å². The second-order valence-electron chi connectivity index (χ2n) is 3.96. The van der Waals surface area contributed by atoms with E-state index < -0.39 is 31.1 Å². The molecule has 3 N–H and O–H groups in total. The molecule has 0 aromatic carbocycles. The number of hydrogen-bond acceptors (Lipinski definition) is 3. The van der Waals surface area contributed by atoms with Gasteiger partial charge in [-0.2, -0.15) is 13.2 Å². The molecule has 0 spiro atoms. The van der Waals surface area contributed by atoms with Crippen LogP contribution in [0.4, 0.5) is 18.0 Å². The number of nitrogens with one attached hydrogen (secondary N) is 2. The number of aryl methyl sites for hydroxylation is 1. The van der Waals surface area contributed by atoms with Crippen molar-refractivity contribution in [2.75, 3.05) is 6.54 Å². The van der Waals surface area contributed by atoms with E-state index in [1.165, 1.54) is 13.0 Å². The summed E-state index contributed by atoms with van der Waals surface area (Å²) in [7, 11) is 0. The van der Waals surface area contributed by atoms with Gasteiger partial charge in [-0.05, 0) is 13.0 Å². The first kappa shape index (κ1) is 15.9. The Kier molecular flexibility index (Phi) is 5.00. The standard InChI is InChI=1S/C11H13F3N2O4/c1-6-8(9(17)18)4-7(20-6)5-16-10(19)15-3-2-11(12,13)14/h4H,2-3,5H2,1H3,(H,17,18)(H2,15,16,19). The van der Waals surface area contributed by atoms with Gasteiger partial charge >= 0.3 is 18.2 Å². The van der Waals surface area contributed by atoms with E-state index in [-0.39, 0.29) is 23.6 Å². The first-order valence-electron chi connectivity index (χ1n) is 5.60. The maximum atomic E-state index is 11.8. The van der Waals surface area contributed by atoms with Gasteiger partial charge in [-0.25, -0.2) is 9.59 Å². The number of urea groups is 1. The summed E-state index contributed by atoms with van der Waals surface area (Å²) in [6.45, 7) is 0.801. The minimum atomic E-state index is -4.33. The Morgan fingerprint density at radius 2 is 2.00 bits per heavy atom. The van der Waals surface area contributed by atoms with Crippen molar-refractivity contribution < 1.29 is 32.3 Å². The molecule has 0 saturated heterocycles. The number of furan rings is 1. The van der Waals surface area contributed by atoms with Gasteiger partial charge in [0.15, 0.2) is 0 Å². The molecule has 1 aromatic heterocycles. The first-order valence-corrected chi connectivity index (χ1v) is 5.60. The minimum Gasteiger partial charge on any atom is -0.478 e. The lowest BCUT2D eigenvalue weighted by molar-refractivity contribution is -0.132. The number of aromatic carboxylic acids is 1. The molecule has 0 atom stereocenters. The highest BCUT2D eigenvalue weighted by molar-refractivity contribution is 5.88. The van der Waals surface area contributed by atoms with E-state index in [9.17, 15) is 22.8 Å². The monoisotopic (exact) mass is 294 g/mol. The lowest BCUT2D eigenvalue weighted by Crippen LogP contribution is -2.36. The topological polar surface area (TPSA) is 91.6 Å². The van der Waals surface area contributed by atoms with Gasteiger partial charge in [0.2, 0.25) is 0 Å². The molecule has 1 rings (SSSR count). The van der Waals surface area contributed by atoms with E-state index in [2.05, 4.69) is 5.32 Å². The maximum Gasteiger partial charge on any atom is 0.390 e. The highest BCUT2D eigenvalue weighted by Gasteiger charge is 2.26. The Morgan fingerprint density at radius 3 is 2.50 bits per heavy atom. The molecule has 0 aliphatic heterocycles. The van der Waals surface area contributed by atoms with Crippen LogP contribution in [0, 0.1) is 6.92 Å². The molecule has 0 unspecified atom stereocenters. The lowest BCUT2D eigenvalue weighted by Gasteiger charge is -2.08. The van der Waals surface area contributed by atoms with Crippen molar-refractivity contribution in [3.05, 3.63) is 23.2 Å². The van der Waals surface area contributed by atoms with Gasteiger partial charge in [0, 0.05) is 6.54 Å². The Balaban J connectivity index is 2.38. The predicted molar refractivity (Wildman–Crippen MR) is 61.3 cm³/mol. The summed E-state index contributed by atoms with van der Waals surface area (Å²) >= 11 is 0. The molecule has 1 heterocycles. The van der Waals surface area contributed by atoms with Crippen molar-refractivity contribution in [1.82, 2.24) is 10.6 Å². The molecule has 112 valence electrons. The van der Waals surface area contributed by atoms with Crippen LogP contribution >= 0.6 is 0 Å². The van der Waals surface area contributed by atoms with Crippen molar-refractivity contribution in [3.8, 4) is 0 Å². The molecule has 9 heteroatoms. The lowest BCUT2D eigenvalue weighted by atomic mass is 10.2. The van der Waals surface area contributed by atoms with Gasteiger partial charge in [-0.3, -0.25) is 0 Å². The number of carbonyl (C=O) groups excluding carboxylic acids is 1. The molecule has 0 saturated carbocycles. The number of rotatable bonds is 5. The fourth-order valence-corrected chi connectivity index (χ4v) is 1.39. The van der Waals surface area contributed by atoms with E-state index >= 15 is 0 Å². The Bertz CT molecular complexity index is 496. The molecule has 0 fully saturated rings. The largest absolute Gasteiger partial charge is 0.478 e. The van der Waals surface area contributed by atoms with Crippen LogP contribution in [0.2, 0.25) is 0 Å². The summed E-state index contributed by atoms with van der Waals surface area (Å²) in [6, 6.07) is 0.452. The summed E-state index contributed by atoms with van der Waals surface area (Å²) in [5, 5.41) is 13.1. The number of halogens is 3. The quantitative estimate of drug-likeness (QED) is 0.775. The van der Waals surface area contributed by atoms with Crippen LogP contribution in [0.15, 0.2) is 10.5 Å². The number of carboxylic acid groups (broad SMARTS) is 1. The summed E-state index contributed by atoms with van der Waals surface area (Å²) in [5.74, 6) is -0.773. The Morgan fingerprint density at radius 1 is 1.35 bits per heavy atom. The van der Waals surface area contributed by atoms with Crippen molar-refractivity contribution in [2.45, 2.75) is 26.1 Å². The average Bonchev–Trinajstić information content (AvgIpc) is 2.66. The molecule has 20 heavy (non-hydrogen) atoms. The number of amides is 2. The molecule has 2 amide bonds. The van der Waals surface area contributed by atoms with E-state index in [1.807, 2.05) is 5.32 Å². The number of carbonyl (C=O) groups is 2. The molecule has 1 aromatic rings. The van der Waals surface area contributed by atoms with E-state index in [4.69, 9.17) is 9.52 Å². The smallest absolute Gasteiger partial charge is 0.390 e. The number of hydrogen-bond donors (Lipinski definition) is 3. The van der Waals surface area contributed by atoms with Gasteiger partial charge in [0.05, 0.1) is 13.0 Å². The summed E-state index contributed by atoms with van der Waals surface area (Å²) < 4.78 is 40.6. The van der Waals surface area contributed by atoms with Gasteiger partial charge < -0.3 is 20.2 Å². The third-order valence-corrected chi connectivity index (χ3v) is 2.32. The van der Waals surface area contributed by atoms with Crippen LogP contribution in [0.3, 0.4) is 0 Å². The Labute approximate surface area is 111 Å². The highest BCUT2D eigenvalue weighted by Crippen LogP contribution is 2.18. The van der Waals surface area contributed by atoms with Crippen LogP contribution in [-0.4, -0.2) is 29.8 Å². The normalized spacial score (nSPS) is 11.2. The molecule has 0 aliphatic rings. The molecular weight excluding hydrogens is 281 g/mol. The first-order chi connectivity index (χ1) is 9.19. The summed E-state index contributed by atoms with van der Waals surface area (Å²) in [5.41, 5.74) is -0.0284. The molecule has 0 bridgehead atoms. The van der Waals surface area contributed by atoms with Gasteiger partial charge in [-0.1, -0.05) is 0 Å². The fourth-order valence-electron chi connectivity index (χ4n) is 1.39. The van der Waals surface area contributed by atoms with Crippen molar-refractivity contribution in [2.24, 2.45) is 0 Å². The number of alkyl halides is 3. The van der Waals surface area contributed by atoms with Crippen molar-refractivity contribution in [3.63, 3.8) is 0 Å². The molecular formula is C11H13F3N2O4. The summed E-state index contributed by atoms with van der Waals surface area (Å²) in [6.07, 6.45) is -5.45. The summed E-state index contributed by atoms with van der Waals surface area (Å²) in [4.78, 5) is 21.9. The maximum absolute atomic E-state index is 11.8. The minimum absolute atomic E-state index is 0.0284. The van der Waals surface area contributed by atoms with Crippen molar-refractivity contribution in [1.29, 1.82) is 0 Å². The van der Waals surface area contributed by atoms with Crippen molar-refractivity contribution >= 4 is 12.0 Å². The van der Waals surface area contributed by atoms with E-state index in [0.717, 1.165) is 0 Å². The van der Waals surface area contributed by atoms with Crippen LogP contribution in [0.1, 0.15) is 28.3 Å². The Hall–Kier alpha value is -2.19. The second-order valence-corrected chi connectivity index (χ2v) is 3.96. The average molecular weight is 294 g/mol. The third-order valence-electron chi connectivity index (χ3n) is 2.32. The predicted octanol–water partition coefficient (Wildman–Crippen LogP) is 2.04. The van der Waals surface area contributed by atoms with Gasteiger partial charge in [0.25, 0.3) is 0 Å². The third kappa shape index (κ3) is 5.21. The highest BCUT2D eigenvalue weighted by atomic mass is 19.4. The van der Waals surface area contributed by atoms with Crippen LogP contribution < -0.4 is 10.6 Å². The van der Waals surface area contributed by atoms with Crippen LogP contribution in [-0.2, 0) is 6.54 Å². The molecule has 0 aliphatic carbocycles. The molecule has 6 nitrogen and oxygen atoms in total. The SMILES string of the molecule is Cc1oc(CNC(=O)NCCC(F)(F)F)cc1C(=O)O. The zero-order chi connectivity index (χ0) is 15.3. The fraction of sp³-hybridized carbons (Fsp3) is 0.455. The van der Waals surface area contributed by atoms with Gasteiger partial charge in [-0.15, -0.1) is 0 Å².